The Balaban J connectivity index is 1.85. The van der Waals surface area contributed by atoms with Crippen LogP contribution in [0.3, 0.4) is 0 Å². The molecule has 0 aliphatic heterocycles. The van der Waals surface area contributed by atoms with E-state index in [1.807, 2.05) is 24.3 Å². The number of nitrogens with two attached hydrogens (primary N) is 1. The van der Waals surface area contributed by atoms with Gasteiger partial charge in [0.25, 0.3) is 0 Å². The van der Waals surface area contributed by atoms with Crippen LogP contribution in [0.2, 0.25) is 0 Å². The van der Waals surface area contributed by atoms with Crippen molar-refractivity contribution in [1.29, 1.82) is 0 Å². The lowest BCUT2D eigenvalue weighted by atomic mass is 9.89. The topological polar surface area (TPSA) is 61.5 Å². The first-order valence-corrected chi connectivity index (χ1v) is 7.67. The lowest BCUT2D eigenvalue weighted by Gasteiger charge is -2.26. The van der Waals surface area contributed by atoms with Gasteiger partial charge in [0.05, 0.1) is 13.2 Å². The SMILES string of the molecule is COC(=O)C(N)Cc1ccc(OC2CCC(C)CC2)cc1. The maximum Gasteiger partial charge on any atom is 0.322 e. The van der Waals surface area contributed by atoms with Gasteiger partial charge in [0.15, 0.2) is 0 Å². The normalized spacial score (nSPS) is 23.4. The minimum Gasteiger partial charge on any atom is -0.490 e. The third-order valence-corrected chi connectivity index (χ3v) is 4.15. The Morgan fingerprint density at radius 3 is 2.43 bits per heavy atom. The number of benzene rings is 1. The molecule has 1 fully saturated rings. The molecule has 0 amide bonds. The molecule has 0 heterocycles. The molecule has 1 aromatic carbocycles. The third kappa shape index (κ3) is 4.74. The summed E-state index contributed by atoms with van der Waals surface area (Å²) in [5.41, 5.74) is 6.77. The Morgan fingerprint density at radius 2 is 1.86 bits per heavy atom. The summed E-state index contributed by atoms with van der Waals surface area (Å²) in [5.74, 6) is 1.34. The molecule has 0 aromatic heterocycles. The number of hydrogen-bond acceptors (Lipinski definition) is 4. The summed E-state index contributed by atoms with van der Waals surface area (Å²) >= 11 is 0. The van der Waals surface area contributed by atoms with E-state index in [1.165, 1.54) is 20.0 Å². The minimum atomic E-state index is -0.610. The molecule has 1 saturated carbocycles. The maximum absolute atomic E-state index is 11.3. The smallest absolute Gasteiger partial charge is 0.322 e. The van der Waals surface area contributed by atoms with Gasteiger partial charge in [-0.25, -0.2) is 0 Å². The molecule has 0 spiro atoms. The van der Waals surface area contributed by atoms with Crippen molar-refractivity contribution in [3.8, 4) is 5.75 Å². The molecule has 1 aliphatic rings. The molecule has 0 bridgehead atoms. The van der Waals surface area contributed by atoms with Crippen molar-refractivity contribution in [3.05, 3.63) is 29.8 Å². The van der Waals surface area contributed by atoms with Gasteiger partial charge in [-0.2, -0.15) is 0 Å². The molecule has 1 aromatic rings. The highest BCUT2D eigenvalue weighted by molar-refractivity contribution is 5.75. The monoisotopic (exact) mass is 291 g/mol. The second kappa shape index (κ2) is 7.46. The first-order valence-electron chi connectivity index (χ1n) is 7.67. The van der Waals surface area contributed by atoms with Gasteiger partial charge in [-0.3, -0.25) is 4.79 Å². The average Bonchev–Trinajstić information content (AvgIpc) is 2.50. The van der Waals surface area contributed by atoms with E-state index in [1.54, 1.807) is 0 Å². The van der Waals surface area contributed by atoms with E-state index < -0.39 is 6.04 Å². The number of rotatable bonds is 5. The summed E-state index contributed by atoms with van der Waals surface area (Å²) in [6, 6.07) is 7.23. The van der Waals surface area contributed by atoms with Gasteiger partial charge in [-0.05, 0) is 55.7 Å². The Morgan fingerprint density at radius 1 is 1.24 bits per heavy atom. The molecule has 4 heteroatoms. The predicted octanol–water partition coefficient (Wildman–Crippen LogP) is 2.69. The molecule has 1 aliphatic carbocycles. The van der Waals surface area contributed by atoms with Crippen molar-refractivity contribution in [1.82, 2.24) is 0 Å². The molecule has 1 atom stereocenters. The van der Waals surface area contributed by atoms with Crippen molar-refractivity contribution >= 4 is 5.97 Å². The maximum atomic E-state index is 11.3. The minimum absolute atomic E-state index is 0.337. The third-order valence-electron chi connectivity index (χ3n) is 4.15. The van der Waals surface area contributed by atoms with Gasteiger partial charge < -0.3 is 15.2 Å². The molecule has 4 nitrogen and oxygen atoms in total. The zero-order valence-corrected chi connectivity index (χ0v) is 12.9. The standard InChI is InChI=1S/C17H25NO3/c1-12-3-7-14(8-4-12)21-15-9-5-13(6-10-15)11-16(18)17(19)20-2/h5-6,9-10,12,14,16H,3-4,7-8,11,18H2,1-2H3. The van der Waals surface area contributed by atoms with Gasteiger partial charge in [0, 0.05) is 0 Å². The fourth-order valence-corrected chi connectivity index (χ4v) is 2.73. The molecule has 2 N–H and O–H groups in total. The Hall–Kier alpha value is -1.55. The predicted molar refractivity (Wildman–Crippen MR) is 82.2 cm³/mol. The Kier molecular flexibility index (Phi) is 5.62. The van der Waals surface area contributed by atoms with E-state index in [0.29, 0.717) is 12.5 Å². The van der Waals surface area contributed by atoms with E-state index in [4.69, 9.17) is 10.5 Å². The van der Waals surface area contributed by atoms with Crippen LogP contribution in [0.25, 0.3) is 0 Å². The Labute approximate surface area is 126 Å². The molecule has 0 saturated heterocycles. The zero-order valence-electron chi connectivity index (χ0n) is 12.9. The van der Waals surface area contributed by atoms with E-state index in [0.717, 1.165) is 30.1 Å². The largest absolute Gasteiger partial charge is 0.490 e. The highest BCUT2D eigenvalue weighted by atomic mass is 16.5. The number of ether oxygens (including phenoxy) is 2. The molecule has 2 rings (SSSR count). The fraction of sp³-hybridized carbons (Fsp3) is 0.588. The van der Waals surface area contributed by atoms with E-state index in [9.17, 15) is 4.79 Å². The van der Waals surface area contributed by atoms with Crippen LogP contribution in [-0.4, -0.2) is 25.2 Å². The van der Waals surface area contributed by atoms with Crippen molar-refractivity contribution in [2.45, 2.75) is 51.2 Å². The summed E-state index contributed by atoms with van der Waals surface area (Å²) in [4.78, 5) is 11.3. The van der Waals surface area contributed by atoms with Crippen molar-refractivity contribution in [2.24, 2.45) is 11.7 Å². The first-order chi connectivity index (χ1) is 10.1. The quantitative estimate of drug-likeness (QED) is 0.847. The van der Waals surface area contributed by atoms with Gasteiger partial charge >= 0.3 is 5.97 Å². The van der Waals surface area contributed by atoms with Gasteiger partial charge in [-0.15, -0.1) is 0 Å². The van der Waals surface area contributed by atoms with Gasteiger partial charge in [-0.1, -0.05) is 19.1 Å². The molecule has 21 heavy (non-hydrogen) atoms. The highest BCUT2D eigenvalue weighted by Gasteiger charge is 2.19. The fourth-order valence-electron chi connectivity index (χ4n) is 2.73. The van der Waals surface area contributed by atoms with Crippen LogP contribution in [0.15, 0.2) is 24.3 Å². The van der Waals surface area contributed by atoms with E-state index >= 15 is 0 Å². The molecular formula is C17H25NO3. The summed E-state index contributed by atoms with van der Waals surface area (Å²) in [5, 5.41) is 0. The second-order valence-corrected chi connectivity index (χ2v) is 5.98. The van der Waals surface area contributed by atoms with Crippen molar-refractivity contribution < 1.29 is 14.3 Å². The second-order valence-electron chi connectivity index (χ2n) is 5.98. The highest BCUT2D eigenvalue weighted by Crippen LogP contribution is 2.27. The number of esters is 1. The van der Waals surface area contributed by atoms with Crippen LogP contribution in [0.4, 0.5) is 0 Å². The number of carbonyl (C=O) groups excluding carboxylic acids is 1. The van der Waals surface area contributed by atoms with Crippen molar-refractivity contribution in [2.75, 3.05) is 7.11 Å². The summed E-state index contributed by atoms with van der Waals surface area (Å²) in [7, 11) is 1.35. The van der Waals surface area contributed by atoms with Gasteiger partial charge in [0.1, 0.15) is 11.8 Å². The van der Waals surface area contributed by atoms with E-state index in [2.05, 4.69) is 11.7 Å². The number of carbonyl (C=O) groups is 1. The van der Waals surface area contributed by atoms with Crippen molar-refractivity contribution in [3.63, 3.8) is 0 Å². The Bertz CT molecular complexity index is 450. The summed E-state index contributed by atoms with van der Waals surface area (Å²) in [6.07, 6.45) is 5.58. The summed E-state index contributed by atoms with van der Waals surface area (Å²) < 4.78 is 10.6. The van der Waals surface area contributed by atoms with Crippen LogP contribution in [0.5, 0.6) is 5.75 Å². The number of methoxy groups -OCH3 is 1. The van der Waals surface area contributed by atoms with Crippen LogP contribution in [0.1, 0.15) is 38.2 Å². The summed E-state index contributed by atoms with van der Waals surface area (Å²) in [6.45, 7) is 2.30. The van der Waals surface area contributed by atoms with E-state index in [-0.39, 0.29) is 5.97 Å². The molecule has 0 radical (unpaired) electrons. The van der Waals surface area contributed by atoms with Crippen LogP contribution in [0, 0.1) is 5.92 Å². The molecule has 116 valence electrons. The first kappa shape index (κ1) is 15.8. The van der Waals surface area contributed by atoms with Crippen LogP contribution in [-0.2, 0) is 16.0 Å². The zero-order chi connectivity index (χ0) is 15.2. The average molecular weight is 291 g/mol. The van der Waals surface area contributed by atoms with Crippen LogP contribution < -0.4 is 10.5 Å². The lowest BCUT2D eigenvalue weighted by Crippen LogP contribution is -2.33. The molecular weight excluding hydrogens is 266 g/mol. The number of hydrogen-bond donors (Lipinski definition) is 1. The lowest BCUT2D eigenvalue weighted by molar-refractivity contribution is -0.142. The van der Waals surface area contributed by atoms with Gasteiger partial charge in [0.2, 0.25) is 0 Å². The van der Waals surface area contributed by atoms with Crippen LogP contribution >= 0.6 is 0 Å². The molecule has 1 unspecified atom stereocenters.